The van der Waals surface area contributed by atoms with Crippen molar-refractivity contribution < 1.29 is 4.74 Å². The van der Waals surface area contributed by atoms with Crippen LogP contribution in [0.4, 0.5) is 0 Å². The lowest BCUT2D eigenvalue weighted by Gasteiger charge is -2.21. The highest BCUT2D eigenvalue weighted by Gasteiger charge is 2.35. The van der Waals surface area contributed by atoms with Gasteiger partial charge in [0.25, 0.3) is 0 Å². The molecule has 1 aliphatic rings. The quantitative estimate of drug-likeness (QED) is 0.883. The molecule has 7 heteroatoms. The Labute approximate surface area is 136 Å². The minimum atomic E-state index is 0.221. The van der Waals surface area contributed by atoms with E-state index in [1.165, 1.54) is 0 Å². The van der Waals surface area contributed by atoms with E-state index < -0.39 is 0 Å². The molecule has 0 aliphatic carbocycles. The summed E-state index contributed by atoms with van der Waals surface area (Å²) < 4.78 is 5.58. The molecule has 2 N–H and O–H groups in total. The molecule has 126 valence electrons. The number of aromatic nitrogens is 5. The summed E-state index contributed by atoms with van der Waals surface area (Å²) in [6.07, 6.45) is 1.16. The molecule has 2 aromatic heterocycles. The number of nitrogens with zero attached hydrogens (tertiary/aromatic N) is 4. The van der Waals surface area contributed by atoms with Crippen LogP contribution in [0, 0.1) is 13.8 Å². The molecule has 3 rings (SSSR count). The standard InChI is InChI=1S/C16H26N6O/c1-9(2)15-19-14(20-21-15)8-22-7-12(23-5)6-13(22)16-17-10(3)11(4)18-16/h9,12-13H,6-8H2,1-5H3,(H,17,18)(H,19,20,21)/t12-,13+/m1/s1. The first-order chi connectivity index (χ1) is 11.0. The van der Waals surface area contributed by atoms with Gasteiger partial charge in [0.1, 0.15) is 11.6 Å². The van der Waals surface area contributed by atoms with Crippen molar-refractivity contribution in [2.24, 2.45) is 0 Å². The van der Waals surface area contributed by atoms with Gasteiger partial charge < -0.3 is 9.72 Å². The lowest BCUT2D eigenvalue weighted by Crippen LogP contribution is -2.26. The molecule has 0 bridgehead atoms. The number of ether oxygens (including phenoxy) is 1. The van der Waals surface area contributed by atoms with E-state index in [9.17, 15) is 0 Å². The third kappa shape index (κ3) is 3.30. The van der Waals surface area contributed by atoms with Crippen LogP contribution in [-0.2, 0) is 11.3 Å². The molecular formula is C16H26N6O. The smallest absolute Gasteiger partial charge is 0.153 e. The highest BCUT2D eigenvalue weighted by atomic mass is 16.5. The second-order valence-corrected chi connectivity index (χ2v) is 6.67. The first-order valence-electron chi connectivity index (χ1n) is 8.19. The fourth-order valence-electron chi connectivity index (χ4n) is 3.06. The van der Waals surface area contributed by atoms with Crippen molar-refractivity contribution >= 4 is 0 Å². The number of nitrogens with one attached hydrogen (secondary N) is 2. The summed E-state index contributed by atoms with van der Waals surface area (Å²) in [6.45, 7) is 9.89. The summed E-state index contributed by atoms with van der Waals surface area (Å²) in [6, 6.07) is 0.222. The van der Waals surface area contributed by atoms with Crippen LogP contribution < -0.4 is 0 Å². The lowest BCUT2D eigenvalue weighted by atomic mass is 10.2. The topological polar surface area (TPSA) is 82.7 Å². The van der Waals surface area contributed by atoms with Gasteiger partial charge >= 0.3 is 0 Å². The first kappa shape index (κ1) is 16.1. The van der Waals surface area contributed by atoms with Gasteiger partial charge in [-0.25, -0.2) is 9.97 Å². The third-order valence-corrected chi connectivity index (χ3v) is 4.58. The van der Waals surface area contributed by atoms with Gasteiger partial charge in [-0.15, -0.1) is 0 Å². The van der Waals surface area contributed by atoms with E-state index in [2.05, 4.69) is 50.8 Å². The highest BCUT2D eigenvalue weighted by molar-refractivity contribution is 5.14. The minimum Gasteiger partial charge on any atom is -0.380 e. The average Bonchev–Trinajstić information content (AvgIpc) is 3.20. The van der Waals surface area contributed by atoms with Crippen LogP contribution >= 0.6 is 0 Å². The molecule has 2 aromatic rings. The van der Waals surface area contributed by atoms with E-state index in [4.69, 9.17) is 4.74 Å². The van der Waals surface area contributed by atoms with Crippen LogP contribution in [0.15, 0.2) is 0 Å². The summed E-state index contributed by atoms with van der Waals surface area (Å²) in [7, 11) is 1.77. The van der Waals surface area contributed by atoms with Crippen LogP contribution in [0.3, 0.4) is 0 Å². The van der Waals surface area contributed by atoms with Crippen LogP contribution in [0.5, 0.6) is 0 Å². The minimum absolute atomic E-state index is 0.221. The number of imidazole rings is 1. The molecule has 1 aliphatic heterocycles. The molecule has 0 unspecified atom stereocenters. The van der Waals surface area contributed by atoms with Crippen LogP contribution in [0.1, 0.15) is 61.1 Å². The van der Waals surface area contributed by atoms with Gasteiger partial charge in [0.15, 0.2) is 5.82 Å². The number of H-pyrrole nitrogens is 2. The van der Waals surface area contributed by atoms with Crippen LogP contribution in [0.2, 0.25) is 0 Å². The molecule has 2 atom stereocenters. The van der Waals surface area contributed by atoms with Crippen molar-refractivity contribution in [1.29, 1.82) is 0 Å². The van der Waals surface area contributed by atoms with Crippen LogP contribution in [-0.4, -0.2) is 49.8 Å². The Balaban J connectivity index is 1.79. The predicted molar refractivity (Wildman–Crippen MR) is 87.1 cm³/mol. The monoisotopic (exact) mass is 318 g/mol. The fourth-order valence-corrected chi connectivity index (χ4v) is 3.06. The summed E-state index contributed by atoms with van der Waals surface area (Å²) in [5.74, 6) is 3.11. The molecule has 0 saturated carbocycles. The molecule has 0 aromatic carbocycles. The fraction of sp³-hybridized carbons (Fsp3) is 0.688. The van der Waals surface area contributed by atoms with Crippen molar-refractivity contribution in [3.63, 3.8) is 0 Å². The number of rotatable bonds is 5. The molecule has 3 heterocycles. The van der Waals surface area contributed by atoms with Crippen molar-refractivity contribution in [1.82, 2.24) is 30.0 Å². The van der Waals surface area contributed by atoms with Gasteiger partial charge in [0.2, 0.25) is 0 Å². The van der Waals surface area contributed by atoms with E-state index in [1.54, 1.807) is 7.11 Å². The van der Waals surface area contributed by atoms with Gasteiger partial charge in [0.05, 0.1) is 24.4 Å². The van der Waals surface area contributed by atoms with Crippen molar-refractivity contribution in [3.05, 3.63) is 28.9 Å². The Morgan fingerprint density at radius 2 is 2.09 bits per heavy atom. The number of aryl methyl sites for hydroxylation is 2. The molecule has 0 radical (unpaired) electrons. The van der Waals surface area contributed by atoms with E-state index in [0.29, 0.717) is 5.92 Å². The summed E-state index contributed by atoms with van der Waals surface area (Å²) in [5.41, 5.74) is 2.19. The largest absolute Gasteiger partial charge is 0.380 e. The zero-order chi connectivity index (χ0) is 16.6. The Hall–Kier alpha value is -1.73. The van der Waals surface area contributed by atoms with Gasteiger partial charge in [-0.2, -0.15) is 5.10 Å². The number of hydrogen-bond donors (Lipinski definition) is 2. The van der Waals surface area contributed by atoms with Gasteiger partial charge in [0, 0.05) is 25.3 Å². The van der Waals surface area contributed by atoms with Crippen molar-refractivity contribution in [3.8, 4) is 0 Å². The Kier molecular flexibility index (Phi) is 4.50. The molecule has 1 fully saturated rings. The van der Waals surface area contributed by atoms with E-state index in [1.807, 2.05) is 6.92 Å². The summed E-state index contributed by atoms with van der Waals surface area (Å²) in [5, 5.41) is 7.36. The molecule has 23 heavy (non-hydrogen) atoms. The van der Waals surface area contributed by atoms with Gasteiger partial charge in [-0.3, -0.25) is 10.00 Å². The van der Waals surface area contributed by atoms with Crippen LogP contribution in [0.25, 0.3) is 0 Å². The molecule has 1 saturated heterocycles. The van der Waals surface area contributed by atoms with E-state index in [-0.39, 0.29) is 12.1 Å². The van der Waals surface area contributed by atoms with Gasteiger partial charge in [-0.1, -0.05) is 13.8 Å². The lowest BCUT2D eigenvalue weighted by molar-refractivity contribution is 0.107. The number of hydrogen-bond acceptors (Lipinski definition) is 5. The maximum Gasteiger partial charge on any atom is 0.153 e. The second kappa shape index (κ2) is 6.41. The zero-order valence-electron chi connectivity index (χ0n) is 14.6. The number of aromatic amines is 2. The van der Waals surface area contributed by atoms with Crippen molar-refractivity contribution in [2.45, 2.75) is 58.7 Å². The Morgan fingerprint density at radius 1 is 1.30 bits per heavy atom. The predicted octanol–water partition coefficient (Wildman–Crippen LogP) is 2.23. The second-order valence-electron chi connectivity index (χ2n) is 6.67. The molecule has 0 amide bonds. The number of methoxy groups -OCH3 is 1. The maximum atomic E-state index is 5.58. The molecular weight excluding hydrogens is 292 g/mol. The zero-order valence-corrected chi connectivity index (χ0v) is 14.6. The summed E-state index contributed by atoms with van der Waals surface area (Å²) >= 11 is 0. The molecule has 7 nitrogen and oxygen atoms in total. The summed E-state index contributed by atoms with van der Waals surface area (Å²) in [4.78, 5) is 15.1. The van der Waals surface area contributed by atoms with E-state index in [0.717, 1.165) is 48.4 Å². The van der Waals surface area contributed by atoms with Crippen molar-refractivity contribution in [2.75, 3.05) is 13.7 Å². The Morgan fingerprint density at radius 3 is 2.65 bits per heavy atom. The maximum absolute atomic E-state index is 5.58. The van der Waals surface area contributed by atoms with E-state index >= 15 is 0 Å². The SMILES string of the molecule is CO[C@@H]1C[C@@H](c2nc(C)c(C)[nH]2)N(Cc2nc(C(C)C)n[nH]2)C1. The Bertz CT molecular complexity index is 642. The third-order valence-electron chi connectivity index (χ3n) is 4.58. The van der Waals surface area contributed by atoms with Gasteiger partial charge in [-0.05, 0) is 20.3 Å². The number of likely N-dealkylation sites (tertiary alicyclic amines) is 1. The highest BCUT2D eigenvalue weighted by Crippen LogP contribution is 2.33. The normalized spacial score (nSPS) is 22.3. The average molecular weight is 318 g/mol. The molecule has 0 spiro atoms. The first-order valence-corrected chi connectivity index (χ1v) is 8.19.